The molecule has 1 aliphatic carbocycles. The Morgan fingerprint density at radius 1 is 1.03 bits per heavy atom. The predicted molar refractivity (Wildman–Crippen MR) is 138 cm³/mol. The molecule has 0 unspecified atom stereocenters. The van der Waals surface area contributed by atoms with Gasteiger partial charge in [0.05, 0.1) is 22.1 Å². The Balaban J connectivity index is 1.39. The second-order valence-electron chi connectivity index (χ2n) is 8.39. The van der Waals surface area contributed by atoms with Crippen LogP contribution in [0, 0.1) is 0 Å². The van der Waals surface area contributed by atoms with Crippen molar-refractivity contribution in [2.24, 2.45) is 0 Å². The number of nitrogens with one attached hydrogen (secondary N) is 1. The third-order valence-electron chi connectivity index (χ3n) is 5.84. The Kier molecular flexibility index (Phi) is 8.43. The first-order valence-electron chi connectivity index (χ1n) is 11.3. The van der Waals surface area contributed by atoms with E-state index in [0.29, 0.717) is 22.0 Å². The van der Waals surface area contributed by atoms with Gasteiger partial charge in [-0.05, 0) is 64.9 Å². The standard InChI is InChI=1S/C26H26BrNO6S/c27-22-23(34-15-21(29)30)25(26(31)32)35-24(22)17-7-4-8-19(13-17)28-18-9-11-20(12-10-18)33-14-16-5-2-1-3-6-16/h1-8,13,18,20,28H,9-12,14-15H2,(H,29,30)(H,31,32)/t18-,20-. The Morgan fingerprint density at radius 2 is 1.77 bits per heavy atom. The molecule has 0 saturated heterocycles. The summed E-state index contributed by atoms with van der Waals surface area (Å²) in [5.74, 6) is -2.30. The molecule has 0 aliphatic heterocycles. The van der Waals surface area contributed by atoms with Crippen LogP contribution in [0.4, 0.5) is 5.69 Å². The summed E-state index contributed by atoms with van der Waals surface area (Å²) in [6.07, 6.45) is 4.26. The van der Waals surface area contributed by atoms with Crippen LogP contribution in [0.1, 0.15) is 40.9 Å². The number of thiophene rings is 1. The zero-order valence-electron chi connectivity index (χ0n) is 18.9. The van der Waals surface area contributed by atoms with Gasteiger partial charge < -0.3 is 25.0 Å². The summed E-state index contributed by atoms with van der Waals surface area (Å²) in [7, 11) is 0. The van der Waals surface area contributed by atoms with Gasteiger partial charge in [0.15, 0.2) is 17.2 Å². The second-order valence-corrected chi connectivity index (χ2v) is 10.2. The fourth-order valence-electron chi connectivity index (χ4n) is 4.13. The predicted octanol–water partition coefficient (Wildman–Crippen LogP) is 6.28. The maximum atomic E-state index is 11.7. The van der Waals surface area contributed by atoms with Crippen LogP contribution in [-0.4, -0.2) is 40.9 Å². The average Bonchev–Trinajstić information content (AvgIpc) is 3.19. The number of hydrogen-bond donors (Lipinski definition) is 3. The van der Waals surface area contributed by atoms with E-state index in [1.54, 1.807) is 0 Å². The maximum absolute atomic E-state index is 11.7. The van der Waals surface area contributed by atoms with Crippen molar-refractivity contribution >= 4 is 44.9 Å². The van der Waals surface area contributed by atoms with E-state index in [2.05, 4.69) is 33.4 Å². The van der Waals surface area contributed by atoms with Gasteiger partial charge in [-0.25, -0.2) is 9.59 Å². The van der Waals surface area contributed by atoms with Crippen molar-refractivity contribution in [1.29, 1.82) is 0 Å². The lowest BCUT2D eigenvalue weighted by Gasteiger charge is -2.30. The Morgan fingerprint density at radius 3 is 2.46 bits per heavy atom. The minimum absolute atomic E-state index is 0.0343. The van der Waals surface area contributed by atoms with E-state index < -0.39 is 18.5 Å². The fourth-order valence-corrected chi connectivity index (χ4v) is 6.02. The van der Waals surface area contributed by atoms with Crippen LogP contribution in [0.5, 0.6) is 5.75 Å². The third kappa shape index (κ3) is 6.62. The number of hydrogen-bond acceptors (Lipinski definition) is 6. The Labute approximate surface area is 215 Å². The summed E-state index contributed by atoms with van der Waals surface area (Å²) in [5, 5.41) is 22.1. The number of rotatable bonds is 10. The number of halogens is 1. The zero-order chi connectivity index (χ0) is 24.8. The van der Waals surface area contributed by atoms with Crippen molar-refractivity contribution < 1.29 is 29.3 Å². The van der Waals surface area contributed by atoms with Gasteiger partial charge in [0.2, 0.25) is 0 Å². The molecule has 2 aromatic carbocycles. The normalized spacial score (nSPS) is 17.6. The van der Waals surface area contributed by atoms with Crippen LogP contribution < -0.4 is 10.1 Å². The molecular formula is C26H26BrNO6S. The number of carboxylic acid groups (broad SMARTS) is 2. The highest BCUT2D eigenvalue weighted by atomic mass is 79.9. The van der Waals surface area contributed by atoms with E-state index in [0.717, 1.165) is 48.3 Å². The van der Waals surface area contributed by atoms with Crippen molar-refractivity contribution in [3.8, 4) is 16.2 Å². The molecule has 35 heavy (non-hydrogen) atoms. The summed E-state index contributed by atoms with van der Waals surface area (Å²) in [4.78, 5) is 23.2. The molecule has 1 fully saturated rings. The van der Waals surface area contributed by atoms with Gasteiger partial charge in [0.1, 0.15) is 0 Å². The molecule has 0 amide bonds. The molecule has 1 aromatic heterocycles. The summed E-state index contributed by atoms with van der Waals surface area (Å²) in [6, 6.07) is 18.3. The van der Waals surface area contributed by atoms with Crippen molar-refractivity contribution in [3.05, 3.63) is 69.5 Å². The molecule has 3 aromatic rings. The highest BCUT2D eigenvalue weighted by molar-refractivity contribution is 9.10. The molecule has 7 nitrogen and oxygen atoms in total. The van der Waals surface area contributed by atoms with Gasteiger partial charge in [-0.1, -0.05) is 42.5 Å². The highest BCUT2D eigenvalue weighted by Crippen LogP contribution is 2.46. The molecule has 9 heteroatoms. The Hall–Kier alpha value is -2.88. The van der Waals surface area contributed by atoms with E-state index in [1.807, 2.05) is 42.5 Å². The molecule has 4 rings (SSSR count). The quantitative estimate of drug-likeness (QED) is 0.268. The highest BCUT2D eigenvalue weighted by Gasteiger charge is 2.25. The first-order chi connectivity index (χ1) is 16.9. The van der Waals surface area contributed by atoms with Crippen molar-refractivity contribution in [2.45, 2.75) is 44.4 Å². The molecule has 184 valence electrons. The number of carbonyl (C=O) groups is 2. The number of aromatic carboxylic acids is 1. The zero-order valence-corrected chi connectivity index (χ0v) is 21.3. The van der Waals surface area contributed by atoms with E-state index in [-0.39, 0.29) is 16.7 Å². The number of aliphatic carboxylic acids is 1. The molecule has 0 radical (unpaired) electrons. The lowest BCUT2D eigenvalue weighted by molar-refractivity contribution is -0.139. The SMILES string of the molecule is O=C(O)COc1c(C(=O)O)sc(-c2cccc(N[C@H]3CC[C@H](OCc4ccccc4)CC3)c2)c1Br. The van der Waals surface area contributed by atoms with Crippen molar-refractivity contribution in [3.63, 3.8) is 0 Å². The molecule has 0 atom stereocenters. The van der Waals surface area contributed by atoms with Crippen molar-refractivity contribution in [2.75, 3.05) is 11.9 Å². The lowest BCUT2D eigenvalue weighted by atomic mass is 9.92. The summed E-state index contributed by atoms with van der Waals surface area (Å²) in [6.45, 7) is 0.0201. The number of carboxylic acids is 2. The molecule has 0 spiro atoms. The summed E-state index contributed by atoms with van der Waals surface area (Å²) in [5.41, 5.74) is 2.95. The summed E-state index contributed by atoms with van der Waals surface area (Å²) < 4.78 is 11.8. The van der Waals surface area contributed by atoms with Crippen molar-refractivity contribution in [1.82, 2.24) is 0 Å². The van der Waals surface area contributed by atoms with Crippen LogP contribution in [0.25, 0.3) is 10.4 Å². The molecular weight excluding hydrogens is 534 g/mol. The molecule has 3 N–H and O–H groups in total. The third-order valence-corrected chi connectivity index (χ3v) is 8.07. The smallest absolute Gasteiger partial charge is 0.349 e. The molecule has 1 aliphatic rings. The monoisotopic (exact) mass is 559 g/mol. The van der Waals surface area contributed by atoms with Gasteiger partial charge in [-0.2, -0.15) is 0 Å². The Bertz CT molecular complexity index is 1170. The summed E-state index contributed by atoms with van der Waals surface area (Å²) >= 11 is 4.46. The van der Waals surface area contributed by atoms with Gasteiger partial charge in [0.25, 0.3) is 0 Å². The average molecular weight is 560 g/mol. The van der Waals surface area contributed by atoms with Gasteiger partial charge in [-0.3, -0.25) is 0 Å². The van der Waals surface area contributed by atoms with Crippen LogP contribution in [0.2, 0.25) is 0 Å². The number of anilines is 1. The topological polar surface area (TPSA) is 105 Å². The van der Waals surface area contributed by atoms with Gasteiger partial charge in [0, 0.05) is 11.7 Å². The maximum Gasteiger partial charge on any atom is 0.349 e. The van der Waals surface area contributed by atoms with Crippen LogP contribution in [-0.2, 0) is 16.1 Å². The van der Waals surface area contributed by atoms with E-state index in [9.17, 15) is 14.7 Å². The first kappa shape index (κ1) is 25.2. The molecule has 1 heterocycles. The molecule has 1 saturated carbocycles. The fraction of sp³-hybridized carbons (Fsp3) is 0.308. The van der Waals surface area contributed by atoms with Gasteiger partial charge in [-0.15, -0.1) is 11.3 Å². The van der Waals surface area contributed by atoms with E-state index >= 15 is 0 Å². The number of benzene rings is 2. The minimum atomic E-state index is -1.17. The minimum Gasteiger partial charge on any atom is -0.479 e. The first-order valence-corrected chi connectivity index (χ1v) is 12.9. The van der Waals surface area contributed by atoms with Crippen LogP contribution >= 0.6 is 27.3 Å². The van der Waals surface area contributed by atoms with E-state index in [1.165, 1.54) is 5.56 Å². The second kappa shape index (κ2) is 11.7. The van der Waals surface area contributed by atoms with Crippen LogP contribution in [0.3, 0.4) is 0 Å². The largest absolute Gasteiger partial charge is 0.479 e. The lowest BCUT2D eigenvalue weighted by Crippen LogP contribution is -2.29. The van der Waals surface area contributed by atoms with Crippen LogP contribution in [0.15, 0.2) is 59.1 Å². The van der Waals surface area contributed by atoms with E-state index in [4.69, 9.17) is 14.6 Å². The number of ether oxygens (including phenoxy) is 2. The van der Waals surface area contributed by atoms with Gasteiger partial charge >= 0.3 is 11.9 Å². The molecule has 0 bridgehead atoms.